The molecule has 0 saturated carbocycles. The van der Waals surface area contributed by atoms with E-state index in [1.165, 1.54) is 11.1 Å². The summed E-state index contributed by atoms with van der Waals surface area (Å²) in [6, 6.07) is 71.5. The summed E-state index contributed by atoms with van der Waals surface area (Å²) < 4.78 is 15.6. The van der Waals surface area contributed by atoms with Crippen molar-refractivity contribution in [2.45, 2.75) is 0 Å². The molecule has 63 heavy (non-hydrogen) atoms. The highest BCUT2D eigenvalue weighted by Gasteiger charge is 2.22. The monoisotopic (exact) mass is 806 g/mol. The van der Waals surface area contributed by atoms with Gasteiger partial charge in [0.15, 0.2) is 11.6 Å². The van der Waals surface area contributed by atoms with Crippen LogP contribution in [0.25, 0.3) is 128 Å². The maximum atomic E-state index is 6.77. The number of hydrogen-bond acceptors (Lipinski definition) is 5. The van der Waals surface area contributed by atoms with E-state index in [0.29, 0.717) is 17.6 Å². The van der Waals surface area contributed by atoms with Gasteiger partial charge in [-0.2, -0.15) is 9.97 Å². The van der Waals surface area contributed by atoms with Gasteiger partial charge in [0, 0.05) is 55.1 Å². The van der Waals surface area contributed by atoms with Crippen molar-refractivity contribution in [1.29, 1.82) is 0 Å². The van der Waals surface area contributed by atoms with Crippen LogP contribution in [0, 0.1) is 0 Å². The molecule has 0 bridgehead atoms. The van der Waals surface area contributed by atoms with Crippen molar-refractivity contribution in [3.05, 3.63) is 206 Å². The summed E-state index contributed by atoms with van der Waals surface area (Å²) in [5.41, 5.74) is 13.7. The lowest BCUT2D eigenvalue weighted by atomic mass is 9.96. The summed E-state index contributed by atoms with van der Waals surface area (Å²) in [6.45, 7) is 0. The minimum Gasteiger partial charge on any atom is -0.456 e. The first kappa shape index (κ1) is 35.2. The summed E-state index contributed by atoms with van der Waals surface area (Å²) in [7, 11) is 0. The Morgan fingerprint density at radius 2 is 0.952 bits per heavy atom. The standard InChI is InChI=1S/C57H34N4O2/c1-4-15-35(16-5-1)38-21-12-22-39(31-38)41-24-14-28-50-53(41)45-30-29-40(32-51(45)62-50)56-58-55(37-19-8-3-9-20-37)59-57(60-56)61-48-27-11-10-23-43(48)46-33-47-44-26-13-25-42(36-17-6-2-7-18-36)54(44)63-52(47)34-49(46)61/h1-34H. The zero-order chi connectivity index (χ0) is 41.4. The molecule has 0 fully saturated rings. The Morgan fingerprint density at radius 1 is 0.317 bits per heavy atom. The minimum atomic E-state index is 0.510. The number of aromatic nitrogens is 4. The summed E-state index contributed by atoms with van der Waals surface area (Å²) in [5.74, 6) is 1.63. The fourth-order valence-corrected chi connectivity index (χ4v) is 9.33. The Kier molecular flexibility index (Phi) is 7.80. The van der Waals surface area contributed by atoms with Crippen molar-refractivity contribution in [3.63, 3.8) is 0 Å². The molecule has 0 saturated heterocycles. The fourth-order valence-electron chi connectivity index (χ4n) is 9.33. The van der Waals surface area contributed by atoms with E-state index in [-0.39, 0.29) is 0 Å². The van der Waals surface area contributed by atoms with Crippen molar-refractivity contribution in [1.82, 2.24) is 19.5 Å². The first-order chi connectivity index (χ1) is 31.2. The third-order valence-electron chi connectivity index (χ3n) is 12.3. The maximum Gasteiger partial charge on any atom is 0.238 e. The van der Waals surface area contributed by atoms with Crippen LogP contribution in [0.2, 0.25) is 0 Å². The molecule has 4 heterocycles. The van der Waals surface area contributed by atoms with Crippen molar-refractivity contribution in [2.75, 3.05) is 0 Å². The lowest BCUT2D eigenvalue weighted by Gasteiger charge is -2.11. The zero-order valence-corrected chi connectivity index (χ0v) is 33.7. The van der Waals surface area contributed by atoms with Gasteiger partial charge in [0.2, 0.25) is 5.95 Å². The molecule has 13 aromatic rings. The van der Waals surface area contributed by atoms with Crippen LogP contribution in [0.4, 0.5) is 0 Å². The molecular weight excluding hydrogens is 773 g/mol. The van der Waals surface area contributed by atoms with Gasteiger partial charge in [-0.3, -0.25) is 4.57 Å². The number of furan rings is 2. The third kappa shape index (κ3) is 5.69. The molecule has 6 nitrogen and oxygen atoms in total. The molecule has 0 N–H and O–H groups in total. The molecule has 9 aromatic carbocycles. The number of para-hydroxylation sites is 2. The van der Waals surface area contributed by atoms with E-state index in [9.17, 15) is 0 Å². The van der Waals surface area contributed by atoms with Crippen molar-refractivity contribution in [2.24, 2.45) is 0 Å². The number of fused-ring (bicyclic) bond motifs is 9. The summed E-state index contributed by atoms with van der Waals surface area (Å²) in [4.78, 5) is 15.6. The van der Waals surface area contributed by atoms with Gasteiger partial charge in [-0.25, -0.2) is 4.98 Å². The summed E-state index contributed by atoms with van der Waals surface area (Å²) >= 11 is 0. The van der Waals surface area contributed by atoms with E-state index in [4.69, 9.17) is 23.8 Å². The molecule has 0 spiro atoms. The zero-order valence-electron chi connectivity index (χ0n) is 33.7. The van der Waals surface area contributed by atoms with Gasteiger partial charge in [-0.15, -0.1) is 0 Å². The van der Waals surface area contributed by atoms with Crippen LogP contribution in [0.3, 0.4) is 0 Å². The average Bonchev–Trinajstić information content (AvgIpc) is 4.03. The van der Waals surface area contributed by atoms with Gasteiger partial charge in [0.25, 0.3) is 0 Å². The Labute approximate surface area is 361 Å². The summed E-state index contributed by atoms with van der Waals surface area (Å²) in [6.07, 6.45) is 0. The molecule has 0 aliphatic carbocycles. The maximum absolute atomic E-state index is 6.77. The molecule has 4 aromatic heterocycles. The van der Waals surface area contributed by atoms with Crippen molar-refractivity contribution < 1.29 is 8.83 Å². The molecule has 13 rings (SSSR count). The van der Waals surface area contributed by atoms with E-state index >= 15 is 0 Å². The number of hydrogen-bond donors (Lipinski definition) is 0. The van der Waals surface area contributed by atoms with Crippen LogP contribution in [0.5, 0.6) is 0 Å². The highest BCUT2D eigenvalue weighted by atomic mass is 16.3. The number of nitrogens with zero attached hydrogens (tertiary/aromatic N) is 4. The second-order valence-corrected chi connectivity index (χ2v) is 16.0. The molecule has 0 radical (unpaired) electrons. The lowest BCUT2D eigenvalue weighted by molar-refractivity contribution is 0.669. The van der Waals surface area contributed by atoms with Crippen LogP contribution >= 0.6 is 0 Å². The molecule has 0 unspecified atom stereocenters. The van der Waals surface area contributed by atoms with Gasteiger partial charge < -0.3 is 8.83 Å². The Morgan fingerprint density at radius 3 is 1.78 bits per heavy atom. The molecule has 0 aliphatic heterocycles. The van der Waals surface area contributed by atoms with Crippen molar-refractivity contribution >= 4 is 65.7 Å². The average molecular weight is 807 g/mol. The van der Waals surface area contributed by atoms with Crippen LogP contribution in [-0.4, -0.2) is 19.5 Å². The first-order valence-corrected chi connectivity index (χ1v) is 21.1. The molecule has 0 aliphatic rings. The predicted octanol–water partition coefficient (Wildman–Crippen LogP) is 15.1. The smallest absolute Gasteiger partial charge is 0.238 e. The van der Waals surface area contributed by atoms with E-state index in [2.05, 4.69) is 162 Å². The number of benzene rings is 9. The molecule has 0 atom stereocenters. The largest absolute Gasteiger partial charge is 0.456 e. The Hall–Kier alpha value is -8.61. The van der Waals surface area contributed by atoms with Crippen LogP contribution in [-0.2, 0) is 0 Å². The SMILES string of the molecule is c1ccc(-c2cccc(-c3cccc4oc5cc(-c6nc(-c7ccccc7)nc(-n7c8ccccc8c8cc9c(cc87)oc7c(-c8ccccc8)cccc79)n6)ccc5c34)c2)cc1. The first-order valence-electron chi connectivity index (χ1n) is 21.1. The second-order valence-electron chi connectivity index (χ2n) is 16.0. The Bertz CT molecular complexity index is 3900. The van der Waals surface area contributed by atoms with E-state index in [1.807, 2.05) is 48.5 Å². The van der Waals surface area contributed by atoms with Crippen LogP contribution < -0.4 is 0 Å². The molecule has 294 valence electrons. The van der Waals surface area contributed by atoms with Gasteiger partial charge >= 0.3 is 0 Å². The lowest BCUT2D eigenvalue weighted by Crippen LogP contribution is -2.06. The normalized spacial score (nSPS) is 11.8. The number of rotatable bonds is 6. The van der Waals surface area contributed by atoms with Gasteiger partial charge in [-0.05, 0) is 64.2 Å². The highest BCUT2D eigenvalue weighted by Crippen LogP contribution is 2.42. The Balaban J connectivity index is 0.997. The quantitative estimate of drug-likeness (QED) is 0.167. The van der Waals surface area contributed by atoms with Crippen molar-refractivity contribution in [3.8, 4) is 62.1 Å². The van der Waals surface area contributed by atoms with Gasteiger partial charge in [0.1, 0.15) is 22.3 Å². The topological polar surface area (TPSA) is 69.9 Å². The van der Waals surface area contributed by atoms with Crippen LogP contribution in [0.15, 0.2) is 215 Å². The molecule has 6 heteroatoms. The molecular formula is C57H34N4O2. The minimum absolute atomic E-state index is 0.510. The predicted molar refractivity (Wildman–Crippen MR) is 256 cm³/mol. The van der Waals surface area contributed by atoms with E-state index in [0.717, 1.165) is 99.1 Å². The van der Waals surface area contributed by atoms with E-state index < -0.39 is 0 Å². The van der Waals surface area contributed by atoms with Gasteiger partial charge in [0.05, 0.1) is 11.0 Å². The second kappa shape index (κ2) is 14.0. The third-order valence-corrected chi connectivity index (χ3v) is 12.3. The molecule has 0 amide bonds. The van der Waals surface area contributed by atoms with Gasteiger partial charge in [-0.1, -0.05) is 164 Å². The fraction of sp³-hybridized carbons (Fsp3) is 0. The summed E-state index contributed by atoms with van der Waals surface area (Å²) in [5, 5.41) is 6.42. The highest BCUT2D eigenvalue weighted by molar-refractivity contribution is 6.19. The van der Waals surface area contributed by atoms with Crippen LogP contribution in [0.1, 0.15) is 0 Å². The van der Waals surface area contributed by atoms with E-state index in [1.54, 1.807) is 0 Å².